The third-order valence-electron chi connectivity index (χ3n) is 3.49. The number of aromatic nitrogens is 1. The molecule has 0 aromatic carbocycles. The highest BCUT2D eigenvalue weighted by Gasteiger charge is 2.30. The Hall–Kier alpha value is -0.410. The normalized spacial score (nSPS) is 21.7. The molecule has 84 valence electrons. The van der Waals surface area contributed by atoms with Crippen molar-refractivity contribution in [2.75, 3.05) is 0 Å². The second-order valence-corrected chi connectivity index (χ2v) is 5.54. The monoisotopic (exact) mass is 224 g/mol. The highest BCUT2D eigenvalue weighted by Crippen LogP contribution is 2.29. The van der Waals surface area contributed by atoms with Gasteiger partial charge in [-0.25, -0.2) is 4.98 Å². The summed E-state index contributed by atoms with van der Waals surface area (Å²) in [6, 6.07) is 0.707. The molecule has 1 saturated carbocycles. The van der Waals surface area contributed by atoms with Crippen LogP contribution in [-0.2, 0) is 5.54 Å². The fraction of sp³-hybridized carbons (Fsp3) is 0.750. The highest BCUT2D eigenvalue weighted by molar-refractivity contribution is 7.09. The first kappa shape index (κ1) is 11.1. The molecule has 1 aromatic heterocycles. The van der Waals surface area contributed by atoms with Gasteiger partial charge < -0.3 is 5.32 Å². The number of nitrogens with one attached hydrogen (secondary N) is 1. The van der Waals surface area contributed by atoms with E-state index in [1.165, 1.54) is 30.7 Å². The standard InChI is InChI=1S/C12H20N2S/c1-3-12(2,11-13-8-9-15-11)14-10-6-4-5-7-10/h8-10,14H,3-7H2,1-2H3. The third kappa shape index (κ3) is 2.40. The average Bonchev–Trinajstić information content (AvgIpc) is 2.89. The predicted molar refractivity (Wildman–Crippen MR) is 65.1 cm³/mol. The molecule has 2 nitrogen and oxygen atoms in total. The Labute approximate surface area is 96.1 Å². The topological polar surface area (TPSA) is 24.9 Å². The summed E-state index contributed by atoms with van der Waals surface area (Å²) >= 11 is 1.76. The van der Waals surface area contributed by atoms with Gasteiger partial charge in [0.05, 0.1) is 5.54 Å². The molecular formula is C12H20N2S. The van der Waals surface area contributed by atoms with Crippen LogP contribution in [0.4, 0.5) is 0 Å². The molecule has 1 atom stereocenters. The maximum absolute atomic E-state index is 4.46. The molecule has 0 aliphatic heterocycles. The zero-order valence-corrected chi connectivity index (χ0v) is 10.4. The highest BCUT2D eigenvalue weighted by atomic mass is 32.1. The van der Waals surface area contributed by atoms with E-state index >= 15 is 0 Å². The number of hydrogen-bond acceptors (Lipinski definition) is 3. The Morgan fingerprint density at radius 3 is 2.80 bits per heavy atom. The largest absolute Gasteiger partial charge is 0.303 e. The molecule has 1 unspecified atom stereocenters. The number of nitrogens with zero attached hydrogens (tertiary/aromatic N) is 1. The fourth-order valence-electron chi connectivity index (χ4n) is 2.33. The van der Waals surface area contributed by atoms with Crippen LogP contribution in [0.2, 0.25) is 0 Å². The van der Waals surface area contributed by atoms with Gasteiger partial charge in [0.2, 0.25) is 0 Å². The van der Waals surface area contributed by atoms with Gasteiger partial charge in [-0.15, -0.1) is 11.3 Å². The average molecular weight is 224 g/mol. The van der Waals surface area contributed by atoms with E-state index in [-0.39, 0.29) is 5.54 Å². The molecular weight excluding hydrogens is 204 g/mol. The molecule has 1 heterocycles. The zero-order chi connectivity index (χ0) is 10.7. The quantitative estimate of drug-likeness (QED) is 0.849. The Kier molecular flexibility index (Phi) is 3.42. The Morgan fingerprint density at radius 2 is 2.27 bits per heavy atom. The Balaban J connectivity index is 2.07. The van der Waals surface area contributed by atoms with Crippen LogP contribution < -0.4 is 5.32 Å². The zero-order valence-electron chi connectivity index (χ0n) is 9.62. The van der Waals surface area contributed by atoms with Crippen LogP contribution in [0.25, 0.3) is 0 Å². The second kappa shape index (κ2) is 4.62. The summed E-state index contributed by atoms with van der Waals surface area (Å²) in [5, 5.41) is 7.09. The minimum atomic E-state index is 0.0865. The van der Waals surface area contributed by atoms with Crippen LogP contribution in [0.3, 0.4) is 0 Å². The summed E-state index contributed by atoms with van der Waals surface area (Å²) in [4.78, 5) is 4.46. The van der Waals surface area contributed by atoms with Crippen molar-refractivity contribution in [1.29, 1.82) is 0 Å². The van der Waals surface area contributed by atoms with Crippen LogP contribution in [0.5, 0.6) is 0 Å². The first-order valence-electron chi connectivity index (χ1n) is 5.92. The van der Waals surface area contributed by atoms with Crippen molar-refractivity contribution in [1.82, 2.24) is 10.3 Å². The van der Waals surface area contributed by atoms with E-state index in [9.17, 15) is 0 Å². The van der Waals surface area contributed by atoms with Crippen molar-refractivity contribution >= 4 is 11.3 Å². The van der Waals surface area contributed by atoms with Gasteiger partial charge in [-0.3, -0.25) is 0 Å². The van der Waals surface area contributed by atoms with E-state index in [4.69, 9.17) is 0 Å². The first-order valence-corrected chi connectivity index (χ1v) is 6.80. The number of hydrogen-bond donors (Lipinski definition) is 1. The summed E-state index contributed by atoms with van der Waals surface area (Å²) < 4.78 is 0. The summed E-state index contributed by atoms with van der Waals surface area (Å²) in [6.45, 7) is 4.52. The van der Waals surface area contributed by atoms with Gasteiger partial charge in [0.15, 0.2) is 0 Å². The smallest absolute Gasteiger partial charge is 0.112 e. The molecule has 1 aromatic rings. The lowest BCUT2D eigenvalue weighted by Gasteiger charge is -2.31. The third-order valence-corrected chi connectivity index (χ3v) is 4.53. The van der Waals surface area contributed by atoms with Crippen molar-refractivity contribution in [3.63, 3.8) is 0 Å². The lowest BCUT2D eigenvalue weighted by Crippen LogP contribution is -2.44. The van der Waals surface area contributed by atoms with Crippen molar-refractivity contribution in [3.05, 3.63) is 16.6 Å². The molecule has 1 aliphatic rings. The van der Waals surface area contributed by atoms with E-state index in [0.29, 0.717) is 6.04 Å². The molecule has 1 N–H and O–H groups in total. The first-order chi connectivity index (χ1) is 7.24. The summed E-state index contributed by atoms with van der Waals surface area (Å²) in [6.07, 6.45) is 8.45. The summed E-state index contributed by atoms with van der Waals surface area (Å²) in [5.74, 6) is 0. The van der Waals surface area contributed by atoms with E-state index in [1.807, 2.05) is 6.20 Å². The number of thiazole rings is 1. The van der Waals surface area contributed by atoms with E-state index in [0.717, 1.165) is 6.42 Å². The fourth-order valence-corrected chi connectivity index (χ4v) is 3.17. The molecule has 0 radical (unpaired) electrons. The molecule has 3 heteroatoms. The van der Waals surface area contributed by atoms with Crippen LogP contribution in [0, 0.1) is 0 Å². The Morgan fingerprint density at radius 1 is 1.53 bits per heavy atom. The van der Waals surface area contributed by atoms with E-state index in [1.54, 1.807) is 11.3 Å². The second-order valence-electron chi connectivity index (χ2n) is 4.65. The molecule has 2 rings (SSSR count). The summed E-state index contributed by atoms with van der Waals surface area (Å²) in [7, 11) is 0. The van der Waals surface area contributed by atoms with Crippen LogP contribution in [-0.4, -0.2) is 11.0 Å². The minimum absolute atomic E-state index is 0.0865. The summed E-state index contributed by atoms with van der Waals surface area (Å²) in [5.41, 5.74) is 0.0865. The van der Waals surface area contributed by atoms with Crippen molar-refractivity contribution in [2.45, 2.75) is 57.5 Å². The predicted octanol–water partition coefficient (Wildman–Crippen LogP) is 3.30. The molecule has 0 saturated heterocycles. The van der Waals surface area contributed by atoms with E-state index in [2.05, 4.69) is 29.5 Å². The van der Waals surface area contributed by atoms with Gasteiger partial charge in [0.25, 0.3) is 0 Å². The molecule has 0 amide bonds. The molecule has 0 bridgehead atoms. The Bertz CT molecular complexity index is 291. The van der Waals surface area contributed by atoms with Gasteiger partial charge in [0, 0.05) is 17.6 Å². The van der Waals surface area contributed by atoms with Crippen LogP contribution in [0.15, 0.2) is 11.6 Å². The molecule has 1 aliphatic carbocycles. The van der Waals surface area contributed by atoms with Crippen molar-refractivity contribution in [3.8, 4) is 0 Å². The number of rotatable bonds is 4. The maximum atomic E-state index is 4.46. The lowest BCUT2D eigenvalue weighted by atomic mass is 9.98. The van der Waals surface area contributed by atoms with Gasteiger partial charge >= 0.3 is 0 Å². The van der Waals surface area contributed by atoms with Crippen molar-refractivity contribution < 1.29 is 0 Å². The SMILES string of the molecule is CCC(C)(NC1CCCC1)c1nccs1. The molecule has 0 spiro atoms. The van der Waals surface area contributed by atoms with Gasteiger partial charge in [-0.2, -0.15) is 0 Å². The van der Waals surface area contributed by atoms with Gasteiger partial charge in [-0.1, -0.05) is 19.8 Å². The molecule has 15 heavy (non-hydrogen) atoms. The molecule has 1 fully saturated rings. The van der Waals surface area contributed by atoms with Gasteiger partial charge in [-0.05, 0) is 26.2 Å². The van der Waals surface area contributed by atoms with Gasteiger partial charge in [0.1, 0.15) is 5.01 Å². The van der Waals surface area contributed by atoms with Crippen LogP contribution >= 0.6 is 11.3 Å². The minimum Gasteiger partial charge on any atom is -0.303 e. The lowest BCUT2D eigenvalue weighted by molar-refractivity contribution is 0.304. The van der Waals surface area contributed by atoms with Crippen LogP contribution in [0.1, 0.15) is 51.0 Å². The van der Waals surface area contributed by atoms with Crippen molar-refractivity contribution in [2.24, 2.45) is 0 Å². The van der Waals surface area contributed by atoms with E-state index < -0.39 is 0 Å². The maximum Gasteiger partial charge on any atom is 0.112 e.